The zero-order valence-electron chi connectivity index (χ0n) is 9.33. The molecule has 0 heterocycles. The van der Waals surface area contributed by atoms with Crippen LogP contribution in [0.3, 0.4) is 0 Å². The van der Waals surface area contributed by atoms with Gasteiger partial charge in [0.25, 0.3) is 0 Å². The Morgan fingerprint density at radius 2 is 2.29 bits per heavy atom. The maximum Gasteiger partial charge on any atom is 0.0609 e. The zero-order chi connectivity index (χ0) is 10.6. The minimum absolute atomic E-state index is 0.0606. The van der Waals surface area contributed by atoms with E-state index in [0.717, 1.165) is 25.7 Å². The van der Waals surface area contributed by atoms with Gasteiger partial charge in [-0.25, -0.2) is 0 Å². The lowest BCUT2D eigenvalue weighted by molar-refractivity contribution is 0.00635. The summed E-state index contributed by atoms with van der Waals surface area (Å²) in [6.07, 6.45) is 3.99. The van der Waals surface area contributed by atoms with Crippen molar-refractivity contribution in [1.29, 1.82) is 0 Å². The van der Waals surface area contributed by atoms with E-state index in [1.165, 1.54) is 0 Å². The molecule has 2 unspecified atom stereocenters. The van der Waals surface area contributed by atoms with Crippen molar-refractivity contribution in [1.82, 2.24) is 0 Å². The molecule has 0 spiro atoms. The molecule has 3 heteroatoms. The molecule has 2 atom stereocenters. The number of aliphatic hydroxyl groups is 1. The van der Waals surface area contributed by atoms with E-state index in [1.54, 1.807) is 0 Å². The quantitative estimate of drug-likeness (QED) is 0.704. The molecule has 1 fully saturated rings. The number of hydrogen-bond acceptors (Lipinski definition) is 3. The number of rotatable bonds is 5. The molecule has 1 aliphatic carbocycles. The lowest BCUT2D eigenvalue weighted by atomic mass is 9.81. The Balaban J connectivity index is 2.37. The van der Waals surface area contributed by atoms with Crippen molar-refractivity contribution in [3.05, 3.63) is 0 Å². The van der Waals surface area contributed by atoms with Crippen LogP contribution in [0.25, 0.3) is 0 Å². The topological polar surface area (TPSA) is 55.5 Å². The molecule has 1 aliphatic rings. The minimum atomic E-state index is -0.219. The van der Waals surface area contributed by atoms with E-state index in [1.807, 2.05) is 13.8 Å². The Morgan fingerprint density at radius 3 is 2.71 bits per heavy atom. The summed E-state index contributed by atoms with van der Waals surface area (Å²) in [5.41, 5.74) is 5.70. The second-order valence-corrected chi connectivity index (χ2v) is 4.64. The maximum atomic E-state index is 9.87. The normalized spacial score (nSPS) is 32.8. The summed E-state index contributed by atoms with van der Waals surface area (Å²) in [5, 5.41) is 9.87. The summed E-state index contributed by atoms with van der Waals surface area (Å²) in [4.78, 5) is 0. The van der Waals surface area contributed by atoms with Crippen LogP contribution in [0, 0.1) is 5.41 Å². The number of aliphatic hydroxyl groups excluding tert-OH is 1. The average molecular weight is 201 g/mol. The van der Waals surface area contributed by atoms with Crippen LogP contribution in [0.4, 0.5) is 0 Å². The molecule has 0 amide bonds. The predicted octanol–water partition coefficient (Wildman–Crippen LogP) is 1.29. The molecular weight excluding hydrogens is 178 g/mol. The SMILES string of the molecule is CC(C)OCCC1(CN)CCCC1O. The van der Waals surface area contributed by atoms with E-state index < -0.39 is 0 Å². The Bertz CT molecular complexity index is 173. The first-order valence-corrected chi connectivity index (χ1v) is 5.60. The van der Waals surface area contributed by atoms with Crippen LogP contribution in [0.2, 0.25) is 0 Å². The number of nitrogens with two attached hydrogens (primary N) is 1. The largest absolute Gasteiger partial charge is 0.392 e. The monoisotopic (exact) mass is 201 g/mol. The van der Waals surface area contributed by atoms with Gasteiger partial charge in [0.2, 0.25) is 0 Å². The van der Waals surface area contributed by atoms with Gasteiger partial charge in [0.05, 0.1) is 12.2 Å². The van der Waals surface area contributed by atoms with Crippen LogP contribution in [0.15, 0.2) is 0 Å². The van der Waals surface area contributed by atoms with Crippen molar-refractivity contribution >= 4 is 0 Å². The molecule has 0 aromatic carbocycles. The highest BCUT2D eigenvalue weighted by atomic mass is 16.5. The fraction of sp³-hybridized carbons (Fsp3) is 1.00. The van der Waals surface area contributed by atoms with Crippen LogP contribution in [0.5, 0.6) is 0 Å². The highest BCUT2D eigenvalue weighted by Crippen LogP contribution is 2.40. The lowest BCUT2D eigenvalue weighted by Gasteiger charge is -2.31. The van der Waals surface area contributed by atoms with Gasteiger partial charge in [-0.05, 0) is 33.1 Å². The molecule has 0 aromatic rings. The van der Waals surface area contributed by atoms with Crippen molar-refractivity contribution in [2.75, 3.05) is 13.2 Å². The van der Waals surface area contributed by atoms with E-state index in [0.29, 0.717) is 13.2 Å². The molecule has 14 heavy (non-hydrogen) atoms. The molecule has 0 bridgehead atoms. The summed E-state index contributed by atoms with van der Waals surface area (Å²) in [5.74, 6) is 0. The van der Waals surface area contributed by atoms with Crippen molar-refractivity contribution in [2.45, 2.75) is 51.7 Å². The maximum absolute atomic E-state index is 9.87. The fourth-order valence-electron chi connectivity index (χ4n) is 2.25. The first-order chi connectivity index (χ1) is 6.60. The third kappa shape index (κ3) is 2.69. The van der Waals surface area contributed by atoms with E-state index in [4.69, 9.17) is 10.5 Å². The molecule has 84 valence electrons. The minimum Gasteiger partial charge on any atom is -0.392 e. The van der Waals surface area contributed by atoms with Gasteiger partial charge in [0.1, 0.15) is 0 Å². The molecule has 1 rings (SSSR count). The van der Waals surface area contributed by atoms with Crippen molar-refractivity contribution in [3.63, 3.8) is 0 Å². The molecule has 0 radical (unpaired) electrons. The second kappa shape index (κ2) is 5.10. The molecule has 1 saturated carbocycles. The van der Waals surface area contributed by atoms with Gasteiger partial charge in [-0.15, -0.1) is 0 Å². The third-order valence-electron chi connectivity index (χ3n) is 3.32. The van der Waals surface area contributed by atoms with Crippen LogP contribution in [0.1, 0.15) is 39.5 Å². The van der Waals surface area contributed by atoms with Crippen molar-refractivity contribution in [2.24, 2.45) is 11.1 Å². The summed E-state index contributed by atoms with van der Waals surface area (Å²) >= 11 is 0. The molecule has 0 aliphatic heterocycles. The predicted molar refractivity (Wildman–Crippen MR) is 57.1 cm³/mol. The van der Waals surface area contributed by atoms with Crippen molar-refractivity contribution < 1.29 is 9.84 Å². The highest BCUT2D eigenvalue weighted by Gasteiger charge is 2.40. The third-order valence-corrected chi connectivity index (χ3v) is 3.32. The van der Waals surface area contributed by atoms with Crippen LogP contribution in [-0.2, 0) is 4.74 Å². The van der Waals surface area contributed by atoms with Crippen LogP contribution >= 0.6 is 0 Å². The van der Waals surface area contributed by atoms with Gasteiger partial charge in [-0.3, -0.25) is 0 Å². The summed E-state index contributed by atoms with van der Waals surface area (Å²) < 4.78 is 5.51. The van der Waals surface area contributed by atoms with E-state index >= 15 is 0 Å². The zero-order valence-corrected chi connectivity index (χ0v) is 9.33. The van der Waals surface area contributed by atoms with Gasteiger partial charge >= 0.3 is 0 Å². The van der Waals surface area contributed by atoms with Gasteiger partial charge < -0.3 is 15.6 Å². The van der Waals surface area contributed by atoms with E-state index in [9.17, 15) is 5.11 Å². The van der Waals surface area contributed by atoms with Gasteiger partial charge in [-0.2, -0.15) is 0 Å². The molecule has 3 nitrogen and oxygen atoms in total. The lowest BCUT2D eigenvalue weighted by Crippen LogP contribution is -2.38. The van der Waals surface area contributed by atoms with E-state index in [2.05, 4.69) is 0 Å². The average Bonchev–Trinajstić information content (AvgIpc) is 2.48. The molecule has 3 N–H and O–H groups in total. The standard InChI is InChI=1S/C11H23NO2/c1-9(2)14-7-6-11(8-12)5-3-4-10(11)13/h9-10,13H,3-8,12H2,1-2H3. The smallest absolute Gasteiger partial charge is 0.0609 e. The van der Waals surface area contributed by atoms with Gasteiger partial charge in [-0.1, -0.05) is 6.42 Å². The summed E-state index contributed by atoms with van der Waals surface area (Å²) in [7, 11) is 0. The molecule has 0 saturated heterocycles. The molecule has 0 aromatic heterocycles. The fourth-order valence-corrected chi connectivity index (χ4v) is 2.25. The Hall–Kier alpha value is -0.120. The Kier molecular flexibility index (Phi) is 4.35. The van der Waals surface area contributed by atoms with Gasteiger partial charge in [0.15, 0.2) is 0 Å². The summed E-state index contributed by atoms with van der Waals surface area (Å²) in [6, 6.07) is 0. The number of ether oxygens (including phenoxy) is 1. The molecular formula is C11H23NO2. The van der Waals surface area contributed by atoms with Gasteiger partial charge in [0, 0.05) is 18.6 Å². The van der Waals surface area contributed by atoms with E-state index in [-0.39, 0.29) is 17.6 Å². The Labute approximate surface area is 86.6 Å². The number of hydrogen-bond donors (Lipinski definition) is 2. The first-order valence-electron chi connectivity index (χ1n) is 5.60. The first kappa shape index (κ1) is 12.0. The van der Waals surface area contributed by atoms with Crippen molar-refractivity contribution in [3.8, 4) is 0 Å². The Morgan fingerprint density at radius 1 is 1.57 bits per heavy atom. The summed E-state index contributed by atoms with van der Waals surface area (Å²) in [6.45, 7) is 5.35. The van der Waals surface area contributed by atoms with Crippen LogP contribution < -0.4 is 5.73 Å². The second-order valence-electron chi connectivity index (χ2n) is 4.64. The highest BCUT2D eigenvalue weighted by molar-refractivity contribution is 4.92. The van der Waals surface area contributed by atoms with Crippen LogP contribution in [-0.4, -0.2) is 30.5 Å².